The normalized spacial score (nSPS) is 10.6. The summed E-state index contributed by atoms with van der Waals surface area (Å²) < 4.78 is 23.4. The van der Waals surface area contributed by atoms with Crippen molar-refractivity contribution in [3.63, 3.8) is 0 Å². The van der Waals surface area contributed by atoms with Crippen molar-refractivity contribution in [3.05, 3.63) is 45.7 Å². The smallest absolute Gasteiger partial charge is 0.321 e. The fraction of sp³-hybridized carbons (Fsp3) is 0.333. The standard InChI is InChI=1S/C15H17ClFN3O3S/c1-22-2-3-23-8-13-9-24-15(19-13)20-14(21)18-7-10-4-11(16)6-12(17)5-10/h4-6,9H,2-3,7-8H2,1H3,(H2,18,19,20,21). The molecule has 0 radical (unpaired) electrons. The van der Waals surface area contributed by atoms with Gasteiger partial charge in [-0.1, -0.05) is 11.6 Å². The van der Waals surface area contributed by atoms with E-state index in [1.165, 1.54) is 23.5 Å². The maximum absolute atomic E-state index is 13.2. The molecule has 24 heavy (non-hydrogen) atoms. The first-order valence-electron chi connectivity index (χ1n) is 7.07. The number of nitrogens with one attached hydrogen (secondary N) is 2. The van der Waals surface area contributed by atoms with Gasteiger partial charge in [0.25, 0.3) is 0 Å². The average molecular weight is 374 g/mol. The van der Waals surface area contributed by atoms with Crippen molar-refractivity contribution in [2.75, 3.05) is 25.6 Å². The number of rotatable bonds is 8. The van der Waals surface area contributed by atoms with Gasteiger partial charge in [0.15, 0.2) is 5.13 Å². The molecule has 0 aliphatic rings. The molecule has 2 N–H and O–H groups in total. The minimum absolute atomic E-state index is 0.154. The van der Waals surface area contributed by atoms with Crippen LogP contribution in [0.4, 0.5) is 14.3 Å². The van der Waals surface area contributed by atoms with E-state index in [2.05, 4.69) is 15.6 Å². The minimum atomic E-state index is -0.447. The molecule has 0 unspecified atom stereocenters. The number of anilines is 1. The van der Waals surface area contributed by atoms with Gasteiger partial charge in [-0.25, -0.2) is 14.2 Å². The number of benzene rings is 1. The molecule has 1 aromatic carbocycles. The Bertz CT molecular complexity index is 663. The largest absolute Gasteiger partial charge is 0.382 e. The Morgan fingerprint density at radius 3 is 2.96 bits per heavy atom. The number of aromatic nitrogens is 1. The Labute approximate surface area is 147 Å². The number of ether oxygens (including phenoxy) is 2. The summed E-state index contributed by atoms with van der Waals surface area (Å²) in [5.74, 6) is -0.447. The third kappa shape index (κ3) is 6.40. The van der Waals surface area contributed by atoms with Crippen LogP contribution in [0.3, 0.4) is 0 Å². The Morgan fingerprint density at radius 2 is 2.21 bits per heavy atom. The molecule has 0 atom stereocenters. The maximum Gasteiger partial charge on any atom is 0.321 e. The van der Waals surface area contributed by atoms with Crippen LogP contribution < -0.4 is 10.6 Å². The number of hydrogen-bond acceptors (Lipinski definition) is 5. The number of thiazole rings is 1. The van der Waals surface area contributed by atoms with E-state index in [1.807, 2.05) is 0 Å². The van der Waals surface area contributed by atoms with Gasteiger partial charge in [0, 0.05) is 24.1 Å². The molecule has 0 saturated heterocycles. The van der Waals surface area contributed by atoms with Crippen molar-refractivity contribution in [1.82, 2.24) is 10.3 Å². The SMILES string of the molecule is COCCOCc1csc(NC(=O)NCc2cc(F)cc(Cl)c2)n1. The lowest BCUT2D eigenvalue weighted by atomic mass is 10.2. The van der Waals surface area contributed by atoms with Gasteiger partial charge in [0.1, 0.15) is 5.82 Å². The lowest BCUT2D eigenvalue weighted by Gasteiger charge is -2.06. The monoisotopic (exact) mass is 373 g/mol. The molecule has 2 aromatic rings. The number of halogens is 2. The van der Waals surface area contributed by atoms with E-state index in [4.69, 9.17) is 21.1 Å². The zero-order chi connectivity index (χ0) is 17.4. The zero-order valence-electron chi connectivity index (χ0n) is 13.0. The van der Waals surface area contributed by atoms with Crippen LogP contribution >= 0.6 is 22.9 Å². The van der Waals surface area contributed by atoms with E-state index in [0.717, 1.165) is 5.69 Å². The highest BCUT2D eigenvalue weighted by Gasteiger charge is 2.07. The van der Waals surface area contributed by atoms with Gasteiger partial charge in [-0.05, 0) is 23.8 Å². The molecule has 0 aliphatic heterocycles. The van der Waals surface area contributed by atoms with E-state index in [9.17, 15) is 9.18 Å². The van der Waals surface area contributed by atoms with Crippen LogP contribution in [-0.2, 0) is 22.6 Å². The quantitative estimate of drug-likeness (QED) is 0.695. The van der Waals surface area contributed by atoms with Crippen LogP contribution in [-0.4, -0.2) is 31.3 Å². The molecule has 0 aliphatic carbocycles. The Balaban J connectivity index is 1.77. The highest BCUT2D eigenvalue weighted by Crippen LogP contribution is 2.16. The maximum atomic E-state index is 13.2. The number of nitrogens with zero attached hydrogens (tertiary/aromatic N) is 1. The van der Waals surface area contributed by atoms with Gasteiger partial charge in [-0.15, -0.1) is 11.3 Å². The van der Waals surface area contributed by atoms with Crippen molar-refractivity contribution in [3.8, 4) is 0 Å². The summed E-state index contributed by atoms with van der Waals surface area (Å²) in [4.78, 5) is 16.1. The van der Waals surface area contributed by atoms with Gasteiger partial charge in [0.2, 0.25) is 0 Å². The molecule has 9 heteroatoms. The molecule has 2 amide bonds. The summed E-state index contributed by atoms with van der Waals surface area (Å²) in [7, 11) is 1.60. The minimum Gasteiger partial charge on any atom is -0.382 e. The zero-order valence-corrected chi connectivity index (χ0v) is 14.5. The first kappa shape index (κ1) is 18.6. The third-order valence-electron chi connectivity index (χ3n) is 2.83. The molecule has 1 heterocycles. The second kappa shape index (κ2) is 9.53. The predicted octanol–water partition coefficient (Wildman–Crippen LogP) is 3.42. The number of urea groups is 1. The molecule has 130 valence electrons. The van der Waals surface area contributed by atoms with Crippen molar-refractivity contribution in [2.45, 2.75) is 13.2 Å². The molecule has 0 saturated carbocycles. The molecule has 6 nitrogen and oxygen atoms in total. The molecule has 2 rings (SSSR count). The summed E-state index contributed by atoms with van der Waals surface area (Å²) in [6.07, 6.45) is 0. The van der Waals surface area contributed by atoms with Crippen LogP contribution in [0.2, 0.25) is 5.02 Å². The molecule has 1 aromatic heterocycles. The van der Waals surface area contributed by atoms with Crippen molar-refractivity contribution >= 4 is 34.1 Å². The van der Waals surface area contributed by atoms with Crippen LogP contribution in [0.5, 0.6) is 0 Å². The Kier molecular flexibility index (Phi) is 7.38. The van der Waals surface area contributed by atoms with E-state index in [1.54, 1.807) is 18.6 Å². The lowest BCUT2D eigenvalue weighted by Crippen LogP contribution is -2.28. The van der Waals surface area contributed by atoms with Crippen LogP contribution in [0.25, 0.3) is 0 Å². The van der Waals surface area contributed by atoms with Gasteiger partial charge >= 0.3 is 6.03 Å². The van der Waals surface area contributed by atoms with Crippen LogP contribution in [0, 0.1) is 5.82 Å². The number of amides is 2. The van der Waals surface area contributed by atoms with Crippen molar-refractivity contribution in [1.29, 1.82) is 0 Å². The van der Waals surface area contributed by atoms with E-state index in [-0.39, 0.29) is 11.6 Å². The Morgan fingerprint density at radius 1 is 1.38 bits per heavy atom. The van der Waals surface area contributed by atoms with E-state index in [0.29, 0.717) is 30.5 Å². The van der Waals surface area contributed by atoms with Gasteiger partial charge in [-0.2, -0.15) is 0 Å². The molecule has 0 fully saturated rings. The third-order valence-corrected chi connectivity index (χ3v) is 3.85. The number of carbonyl (C=O) groups excluding carboxylic acids is 1. The fourth-order valence-corrected chi connectivity index (χ4v) is 2.72. The first-order valence-corrected chi connectivity index (χ1v) is 8.33. The highest BCUT2D eigenvalue weighted by molar-refractivity contribution is 7.13. The molecule has 0 spiro atoms. The summed E-state index contributed by atoms with van der Waals surface area (Å²) in [5.41, 5.74) is 1.30. The summed E-state index contributed by atoms with van der Waals surface area (Å²) >= 11 is 7.06. The number of methoxy groups -OCH3 is 1. The topological polar surface area (TPSA) is 72.5 Å². The fourth-order valence-electron chi connectivity index (χ4n) is 1.79. The first-order chi connectivity index (χ1) is 11.6. The van der Waals surface area contributed by atoms with E-state index >= 15 is 0 Å². The van der Waals surface area contributed by atoms with Gasteiger partial charge in [-0.3, -0.25) is 5.32 Å². The number of hydrogen-bond donors (Lipinski definition) is 2. The predicted molar refractivity (Wildman–Crippen MR) is 90.9 cm³/mol. The van der Waals surface area contributed by atoms with E-state index < -0.39 is 11.8 Å². The van der Waals surface area contributed by atoms with Crippen molar-refractivity contribution < 1.29 is 18.7 Å². The van der Waals surface area contributed by atoms with Gasteiger partial charge in [0.05, 0.1) is 25.5 Å². The number of carbonyl (C=O) groups is 1. The van der Waals surface area contributed by atoms with Crippen LogP contribution in [0.15, 0.2) is 23.6 Å². The van der Waals surface area contributed by atoms with Crippen LogP contribution in [0.1, 0.15) is 11.3 Å². The van der Waals surface area contributed by atoms with Crippen molar-refractivity contribution in [2.24, 2.45) is 0 Å². The second-order valence-corrected chi connectivity index (χ2v) is 6.07. The lowest BCUT2D eigenvalue weighted by molar-refractivity contribution is 0.0604. The Hall–Kier alpha value is -1.74. The molecular weight excluding hydrogens is 357 g/mol. The highest BCUT2D eigenvalue weighted by atomic mass is 35.5. The molecular formula is C15H17ClFN3O3S. The summed E-state index contributed by atoms with van der Waals surface area (Å²) in [6, 6.07) is 3.67. The summed E-state index contributed by atoms with van der Waals surface area (Å²) in [6.45, 7) is 1.50. The average Bonchev–Trinajstić information content (AvgIpc) is 2.96. The molecule has 0 bridgehead atoms. The summed E-state index contributed by atoms with van der Waals surface area (Å²) in [5, 5.41) is 7.77. The van der Waals surface area contributed by atoms with Gasteiger partial charge < -0.3 is 14.8 Å². The second-order valence-electron chi connectivity index (χ2n) is 4.77.